The lowest BCUT2D eigenvalue weighted by Crippen LogP contribution is -2.05. The van der Waals surface area contributed by atoms with Gasteiger partial charge in [0.25, 0.3) is 0 Å². The Labute approximate surface area is 61.1 Å². The van der Waals surface area contributed by atoms with Gasteiger partial charge in [-0.1, -0.05) is 0 Å². The van der Waals surface area contributed by atoms with Crippen LogP contribution in [-0.2, 0) is 0 Å². The monoisotopic (exact) mass is 138 g/mol. The summed E-state index contributed by atoms with van der Waals surface area (Å²) < 4.78 is 1.79. The molecule has 0 aliphatic rings. The Morgan fingerprint density at radius 3 is 2.20 bits per heavy atom. The SMILES string of the molecule is C/C(N)=C(\C#N)C=[N+](C)C. The maximum Gasteiger partial charge on any atom is 0.182 e. The Kier molecular flexibility index (Phi) is 3.20. The van der Waals surface area contributed by atoms with Crippen molar-refractivity contribution in [2.45, 2.75) is 6.92 Å². The van der Waals surface area contributed by atoms with Crippen molar-refractivity contribution in [1.82, 2.24) is 0 Å². The van der Waals surface area contributed by atoms with Gasteiger partial charge in [0.2, 0.25) is 0 Å². The van der Waals surface area contributed by atoms with E-state index in [0.29, 0.717) is 11.3 Å². The lowest BCUT2D eigenvalue weighted by molar-refractivity contribution is -0.458. The molecule has 3 heteroatoms. The first-order valence-corrected chi connectivity index (χ1v) is 2.95. The third-order valence-corrected chi connectivity index (χ3v) is 0.933. The molecule has 3 nitrogen and oxygen atoms in total. The summed E-state index contributed by atoms with van der Waals surface area (Å²) in [4.78, 5) is 0. The molecule has 0 saturated heterocycles. The van der Waals surface area contributed by atoms with E-state index in [-0.39, 0.29) is 0 Å². The van der Waals surface area contributed by atoms with E-state index < -0.39 is 0 Å². The molecule has 0 rings (SSSR count). The van der Waals surface area contributed by atoms with Crippen LogP contribution in [0.15, 0.2) is 11.3 Å². The van der Waals surface area contributed by atoms with Crippen molar-refractivity contribution in [3.63, 3.8) is 0 Å². The standard InChI is InChI=1S/C7H11N3/c1-6(9)7(4-8)5-10(2)3/h5,9H,1-3H3/p+1. The van der Waals surface area contributed by atoms with Crippen LogP contribution in [0, 0.1) is 11.3 Å². The van der Waals surface area contributed by atoms with E-state index >= 15 is 0 Å². The molecule has 0 aromatic rings. The molecule has 2 N–H and O–H groups in total. The van der Waals surface area contributed by atoms with E-state index in [1.807, 2.05) is 20.2 Å². The molecule has 54 valence electrons. The Bertz CT molecular complexity index is 209. The number of rotatable bonds is 1. The molecular formula is C7H12N3+. The number of nitrogens with zero attached hydrogens (tertiary/aromatic N) is 2. The normalized spacial score (nSPS) is 11.4. The van der Waals surface area contributed by atoms with Gasteiger partial charge in [-0.3, -0.25) is 0 Å². The van der Waals surface area contributed by atoms with Gasteiger partial charge in [0.05, 0.1) is 0 Å². The lowest BCUT2D eigenvalue weighted by Gasteiger charge is -1.89. The summed E-state index contributed by atoms with van der Waals surface area (Å²) in [6.45, 7) is 1.71. The molecule has 0 saturated carbocycles. The fourth-order valence-electron chi connectivity index (χ4n) is 0.477. The smallest absolute Gasteiger partial charge is 0.182 e. The zero-order valence-electron chi connectivity index (χ0n) is 6.55. The van der Waals surface area contributed by atoms with E-state index in [2.05, 4.69) is 0 Å². The molecule has 0 aliphatic heterocycles. The number of nitriles is 1. The van der Waals surface area contributed by atoms with Gasteiger partial charge < -0.3 is 5.73 Å². The van der Waals surface area contributed by atoms with Gasteiger partial charge >= 0.3 is 0 Å². The van der Waals surface area contributed by atoms with Crippen molar-refractivity contribution in [3.05, 3.63) is 11.3 Å². The second kappa shape index (κ2) is 3.67. The highest BCUT2D eigenvalue weighted by molar-refractivity contribution is 5.80. The molecule has 10 heavy (non-hydrogen) atoms. The topological polar surface area (TPSA) is 52.8 Å². The molecule has 0 fully saturated rings. The van der Waals surface area contributed by atoms with Crippen LogP contribution >= 0.6 is 0 Å². The van der Waals surface area contributed by atoms with Crippen LogP contribution in [0.25, 0.3) is 0 Å². The minimum Gasteiger partial charge on any atom is -0.401 e. The highest BCUT2D eigenvalue weighted by atomic mass is 14.9. The molecule has 0 spiro atoms. The number of hydrogen-bond donors (Lipinski definition) is 1. The van der Waals surface area contributed by atoms with E-state index in [1.54, 1.807) is 17.7 Å². The van der Waals surface area contributed by atoms with Gasteiger partial charge in [0, 0.05) is 5.70 Å². The molecule has 0 bridgehead atoms. The summed E-state index contributed by atoms with van der Waals surface area (Å²) in [5.41, 5.74) is 6.47. The van der Waals surface area contributed by atoms with Crippen LogP contribution < -0.4 is 5.73 Å². The molecule has 0 radical (unpaired) electrons. The summed E-state index contributed by atoms with van der Waals surface area (Å²) in [5.74, 6) is 0. The summed E-state index contributed by atoms with van der Waals surface area (Å²) in [5, 5.41) is 8.50. The molecular weight excluding hydrogens is 126 g/mol. The van der Waals surface area contributed by atoms with Crippen LogP contribution in [0.1, 0.15) is 6.92 Å². The summed E-state index contributed by atoms with van der Waals surface area (Å²) in [7, 11) is 3.70. The molecule has 0 heterocycles. The van der Waals surface area contributed by atoms with Crippen molar-refractivity contribution < 1.29 is 4.58 Å². The molecule has 0 unspecified atom stereocenters. The summed E-state index contributed by atoms with van der Waals surface area (Å²) in [6.07, 6.45) is 1.69. The highest BCUT2D eigenvalue weighted by Crippen LogP contribution is 1.90. The summed E-state index contributed by atoms with van der Waals surface area (Å²) in [6, 6.07) is 1.99. The maximum absolute atomic E-state index is 8.50. The first-order chi connectivity index (χ1) is 4.57. The van der Waals surface area contributed by atoms with Gasteiger partial charge in [0.15, 0.2) is 6.21 Å². The van der Waals surface area contributed by atoms with Crippen LogP contribution in [0.4, 0.5) is 0 Å². The largest absolute Gasteiger partial charge is 0.401 e. The Morgan fingerprint density at radius 2 is 2.10 bits per heavy atom. The Hall–Kier alpha value is -1.30. The average Bonchev–Trinajstić information content (AvgIpc) is 1.81. The average molecular weight is 138 g/mol. The van der Waals surface area contributed by atoms with Crippen LogP contribution in [-0.4, -0.2) is 24.9 Å². The Morgan fingerprint density at radius 1 is 1.60 bits per heavy atom. The predicted molar refractivity (Wildman–Crippen MR) is 40.7 cm³/mol. The van der Waals surface area contributed by atoms with Crippen molar-refractivity contribution >= 4 is 6.21 Å². The van der Waals surface area contributed by atoms with Crippen LogP contribution in [0.5, 0.6) is 0 Å². The van der Waals surface area contributed by atoms with E-state index in [0.717, 1.165) is 0 Å². The second-order valence-corrected chi connectivity index (χ2v) is 2.30. The maximum atomic E-state index is 8.50. The number of hydrogen-bond acceptors (Lipinski definition) is 2. The number of allylic oxidation sites excluding steroid dienone is 2. The lowest BCUT2D eigenvalue weighted by atomic mass is 10.2. The van der Waals surface area contributed by atoms with Crippen LogP contribution in [0.3, 0.4) is 0 Å². The van der Waals surface area contributed by atoms with Crippen molar-refractivity contribution in [2.75, 3.05) is 14.1 Å². The minimum absolute atomic E-state index is 0.519. The first-order valence-electron chi connectivity index (χ1n) is 2.95. The van der Waals surface area contributed by atoms with Crippen LogP contribution in [0.2, 0.25) is 0 Å². The van der Waals surface area contributed by atoms with E-state index in [9.17, 15) is 0 Å². The van der Waals surface area contributed by atoms with Crippen molar-refractivity contribution in [2.24, 2.45) is 5.73 Å². The molecule has 0 aromatic carbocycles. The molecule has 0 aromatic heterocycles. The predicted octanol–water partition coefficient (Wildman–Crippen LogP) is 0.0856. The van der Waals surface area contributed by atoms with Gasteiger partial charge in [-0.05, 0) is 6.92 Å². The molecule has 0 aliphatic carbocycles. The van der Waals surface area contributed by atoms with Gasteiger partial charge in [-0.2, -0.15) is 5.26 Å². The fourth-order valence-corrected chi connectivity index (χ4v) is 0.477. The fraction of sp³-hybridized carbons (Fsp3) is 0.429. The Balaban J connectivity index is 4.62. The summed E-state index contributed by atoms with van der Waals surface area (Å²) >= 11 is 0. The first kappa shape index (κ1) is 8.70. The number of nitrogens with two attached hydrogens (primary N) is 1. The zero-order chi connectivity index (χ0) is 8.15. The van der Waals surface area contributed by atoms with E-state index in [4.69, 9.17) is 11.0 Å². The quantitative estimate of drug-likeness (QED) is 0.317. The van der Waals surface area contributed by atoms with E-state index in [1.165, 1.54) is 0 Å². The van der Waals surface area contributed by atoms with Gasteiger partial charge in [0.1, 0.15) is 25.7 Å². The van der Waals surface area contributed by atoms with Gasteiger partial charge in [-0.15, -0.1) is 0 Å². The second-order valence-electron chi connectivity index (χ2n) is 2.30. The minimum atomic E-state index is 0.519. The third-order valence-electron chi connectivity index (χ3n) is 0.933. The zero-order valence-corrected chi connectivity index (χ0v) is 6.55. The highest BCUT2D eigenvalue weighted by Gasteiger charge is 1.97. The van der Waals surface area contributed by atoms with Gasteiger partial charge in [-0.25, -0.2) is 4.58 Å². The van der Waals surface area contributed by atoms with Crippen molar-refractivity contribution in [1.29, 1.82) is 5.26 Å². The molecule has 0 atom stereocenters. The molecule has 0 amide bonds. The third kappa shape index (κ3) is 2.88. The van der Waals surface area contributed by atoms with Crippen molar-refractivity contribution in [3.8, 4) is 6.07 Å².